The van der Waals surface area contributed by atoms with Gasteiger partial charge in [-0.1, -0.05) is 18.2 Å². The molecule has 2 aromatic heterocycles. The van der Waals surface area contributed by atoms with E-state index in [4.69, 9.17) is 4.42 Å². The van der Waals surface area contributed by atoms with Crippen molar-refractivity contribution in [2.75, 3.05) is 5.32 Å². The fourth-order valence-electron chi connectivity index (χ4n) is 2.55. The van der Waals surface area contributed by atoms with Gasteiger partial charge in [-0.2, -0.15) is 0 Å². The Morgan fingerprint density at radius 2 is 1.88 bits per heavy atom. The van der Waals surface area contributed by atoms with E-state index in [9.17, 15) is 9.59 Å². The van der Waals surface area contributed by atoms with Crippen LogP contribution in [0.4, 0.5) is 5.69 Å². The Bertz CT molecular complexity index is 1100. The molecule has 0 aliphatic carbocycles. The molecular weight excluding hydrogens is 318 g/mol. The highest BCUT2D eigenvalue weighted by atomic mass is 16.4. The topological polar surface area (TPSA) is 77.1 Å². The maximum Gasteiger partial charge on any atom is 0.349 e. The minimum Gasteiger partial charge on any atom is -0.422 e. The predicted molar refractivity (Wildman–Crippen MR) is 94.0 cm³/mol. The zero-order chi connectivity index (χ0) is 17.2. The summed E-state index contributed by atoms with van der Waals surface area (Å²) in [7, 11) is 0. The highest BCUT2D eigenvalue weighted by Crippen LogP contribution is 2.16. The minimum absolute atomic E-state index is 0.0302. The summed E-state index contributed by atoms with van der Waals surface area (Å²) in [6.45, 7) is 0. The first kappa shape index (κ1) is 14.9. The van der Waals surface area contributed by atoms with Crippen LogP contribution in [-0.4, -0.2) is 15.5 Å². The van der Waals surface area contributed by atoms with Crippen molar-refractivity contribution in [1.29, 1.82) is 0 Å². The Balaban J connectivity index is 1.60. The van der Waals surface area contributed by atoms with E-state index in [-0.39, 0.29) is 5.56 Å². The van der Waals surface area contributed by atoms with E-state index in [1.54, 1.807) is 42.9 Å². The lowest BCUT2D eigenvalue weighted by atomic mass is 10.1. The third-order valence-corrected chi connectivity index (χ3v) is 3.81. The third-order valence-electron chi connectivity index (χ3n) is 3.81. The lowest BCUT2D eigenvalue weighted by Crippen LogP contribution is -2.20. The number of benzene rings is 2. The van der Waals surface area contributed by atoms with Crippen molar-refractivity contribution in [1.82, 2.24) is 9.55 Å². The number of carbonyl (C=O) groups excluding carboxylic acids is 1. The van der Waals surface area contributed by atoms with Crippen LogP contribution in [0.2, 0.25) is 0 Å². The van der Waals surface area contributed by atoms with Gasteiger partial charge in [-0.05, 0) is 36.4 Å². The first-order chi connectivity index (χ1) is 12.2. The molecule has 25 heavy (non-hydrogen) atoms. The van der Waals surface area contributed by atoms with E-state index in [0.717, 1.165) is 5.69 Å². The van der Waals surface area contributed by atoms with Crippen LogP contribution in [0, 0.1) is 0 Å². The monoisotopic (exact) mass is 331 g/mol. The van der Waals surface area contributed by atoms with Gasteiger partial charge in [0, 0.05) is 29.2 Å². The lowest BCUT2D eigenvalue weighted by Gasteiger charge is -2.07. The molecule has 0 radical (unpaired) electrons. The highest BCUT2D eigenvalue weighted by Gasteiger charge is 2.13. The van der Waals surface area contributed by atoms with Gasteiger partial charge in [0.25, 0.3) is 5.91 Å². The average molecular weight is 331 g/mol. The van der Waals surface area contributed by atoms with Crippen LogP contribution >= 0.6 is 0 Å². The van der Waals surface area contributed by atoms with E-state index in [1.807, 2.05) is 29.0 Å². The molecule has 0 spiro atoms. The van der Waals surface area contributed by atoms with Crippen molar-refractivity contribution in [3.05, 3.63) is 89.3 Å². The van der Waals surface area contributed by atoms with Crippen LogP contribution in [0.25, 0.3) is 16.7 Å². The number of fused-ring (bicyclic) bond motifs is 1. The standard InChI is InChI=1S/C19H13N3O3/c23-18(16-11-13-3-1-2-4-17(13)25-19(16)24)21-14-5-7-15(8-6-14)22-10-9-20-12-22/h1-12H,(H,21,23). The Kier molecular flexibility index (Phi) is 3.63. The van der Waals surface area contributed by atoms with Gasteiger partial charge in [0.15, 0.2) is 0 Å². The number of hydrogen-bond donors (Lipinski definition) is 1. The van der Waals surface area contributed by atoms with E-state index >= 15 is 0 Å². The minimum atomic E-state index is -0.661. The molecular formula is C19H13N3O3. The second-order valence-corrected chi connectivity index (χ2v) is 5.46. The number of carbonyl (C=O) groups is 1. The largest absolute Gasteiger partial charge is 0.422 e. The highest BCUT2D eigenvalue weighted by molar-refractivity contribution is 6.05. The quantitative estimate of drug-likeness (QED) is 0.585. The molecule has 122 valence electrons. The summed E-state index contributed by atoms with van der Waals surface area (Å²) < 4.78 is 7.04. The van der Waals surface area contributed by atoms with Gasteiger partial charge in [0.05, 0.1) is 6.33 Å². The number of para-hydroxylation sites is 1. The normalized spacial score (nSPS) is 10.7. The number of anilines is 1. The molecule has 4 aromatic rings. The molecule has 6 heteroatoms. The molecule has 0 unspecified atom stereocenters. The van der Waals surface area contributed by atoms with Crippen LogP contribution in [-0.2, 0) is 0 Å². The summed E-state index contributed by atoms with van der Waals surface area (Å²) in [6, 6.07) is 15.8. The number of hydrogen-bond acceptors (Lipinski definition) is 4. The van der Waals surface area contributed by atoms with E-state index in [1.165, 1.54) is 6.07 Å². The Hall–Kier alpha value is -3.67. The molecule has 1 N–H and O–H groups in total. The van der Waals surface area contributed by atoms with Crippen molar-refractivity contribution in [2.24, 2.45) is 0 Å². The van der Waals surface area contributed by atoms with Gasteiger partial charge in [-0.3, -0.25) is 4.79 Å². The Morgan fingerprint density at radius 1 is 1.08 bits per heavy atom. The van der Waals surface area contributed by atoms with Gasteiger partial charge >= 0.3 is 5.63 Å². The molecule has 0 aliphatic rings. The average Bonchev–Trinajstić information content (AvgIpc) is 3.16. The van der Waals surface area contributed by atoms with Crippen molar-refractivity contribution in [3.63, 3.8) is 0 Å². The zero-order valence-corrected chi connectivity index (χ0v) is 13.0. The molecule has 4 rings (SSSR count). The fraction of sp³-hybridized carbons (Fsp3) is 0. The summed E-state index contributed by atoms with van der Waals surface area (Å²) in [5, 5.41) is 3.41. The number of imidazole rings is 1. The second kappa shape index (κ2) is 6.09. The van der Waals surface area contributed by atoms with Gasteiger partial charge in [-0.25, -0.2) is 9.78 Å². The molecule has 2 aromatic carbocycles. The first-order valence-corrected chi connectivity index (χ1v) is 7.63. The zero-order valence-electron chi connectivity index (χ0n) is 13.0. The number of aromatic nitrogens is 2. The van der Waals surface area contributed by atoms with Gasteiger partial charge in [-0.15, -0.1) is 0 Å². The predicted octanol–water partition coefficient (Wildman–Crippen LogP) is 3.23. The number of amides is 1. The summed E-state index contributed by atoms with van der Waals surface area (Å²) in [4.78, 5) is 28.4. The van der Waals surface area contributed by atoms with Crippen LogP contribution in [0.5, 0.6) is 0 Å². The summed E-state index contributed by atoms with van der Waals surface area (Å²) in [5.74, 6) is -0.505. The Morgan fingerprint density at radius 3 is 2.64 bits per heavy atom. The number of nitrogens with zero attached hydrogens (tertiary/aromatic N) is 2. The van der Waals surface area contributed by atoms with Crippen molar-refractivity contribution in [2.45, 2.75) is 0 Å². The van der Waals surface area contributed by atoms with Crippen LogP contribution in [0.15, 0.2) is 82.5 Å². The molecule has 1 amide bonds. The molecule has 0 saturated carbocycles. The Labute approximate surface area is 142 Å². The number of rotatable bonds is 3. The number of nitrogens with one attached hydrogen (secondary N) is 1. The van der Waals surface area contributed by atoms with Gasteiger partial charge in [0.2, 0.25) is 0 Å². The van der Waals surface area contributed by atoms with Crippen molar-refractivity contribution < 1.29 is 9.21 Å². The summed E-state index contributed by atoms with van der Waals surface area (Å²) in [5.41, 5.74) is 1.26. The molecule has 0 fully saturated rings. The van der Waals surface area contributed by atoms with Crippen molar-refractivity contribution >= 4 is 22.6 Å². The van der Waals surface area contributed by atoms with E-state index < -0.39 is 11.5 Å². The SMILES string of the molecule is O=C(Nc1ccc(-n2ccnc2)cc1)c1cc2ccccc2oc1=O. The van der Waals surface area contributed by atoms with E-state index in [2.05, 4.69) is 10.3 Å². The smallest absolute Gasteiger partial charge is 0.349 e. The molecule has 6 nitrogen and oxygen atoms in total. The maximum atomic E-state index is 12.4. The third kappa shape index (κ3) is 2.92. The van der Waals surface area contributed by atoms with Gasteiger partial charge in [0.1, 0.15) is 11.1 Å². The van der Waals surface area contributed by atoms with Crippen LogP contribution in [0.3, 0.4) is 0 Å². The van der Waals surface area contributed by atoms with Crippen LogP contribution in [0.1, 0.15) is 10.4 Å². The molecule has 0 atom stereocenters. The maximum absolute atomic E-state index is 12.4. The molecule has 2 heterocycles. The molecule has 0 bridgehead atoms. The summed E-state index contributed by atoms with van der Waals surface area (Å²) in [6.07, 6.45) is 5.20. The van der Waals surface area contributed by atoms with Crippen LogP contribution < -0.4 is 10.9 Å². The molecule has 0 aliphatic heterocycles. The van der Waals surface area contributed by atoms with Crippen molar-refractivity contribution in [3.8, 4) is 5.69 Å². The second-order valence-electron chi connectivity index (χ2n) is 5.46. The lowest BCUT2D eigenvalue weighted by molar-refractivity contribution is 0.102. The molecule has 0 saturated heterocycles. The summed E-state index contributed by atoms with van der Waals surface area (Å²) >= 11 is 0. The van der Waals surface area contributed by atoms with Gasteiger partial charge < -0.3 is 14.3 Å². The van der Waals surface area contributed by atoms with E-state index in [0.29, 0.717) is 16.7 Å². The first-order valence-electron chi connectivity index (χ1n) is 7.63. The fourth-order valence-corrected chi connectivity index (χ4v) is 2.55.